The van der Waals surface area contributed by atoms with Gasteiger partial charge in [0.15, 0.2) is 0 Å². The van der Waals surface area contributed by atoms with E-state index in [1.165, 1.54) is 22.5 Å². The molecule has 0 atom stereocenters. The molecule has 2 aliphatic heterocycles. The van der Waals surface area contributed by atoms with Gasteiger partial charge in [0.25, 0.3) is 11.8 Å². The van der Waals surface area contributed by atoms with Crippen LogP contribution in [0, 0.1) is 0 Å². The highest BCUT2D eigenvalue weighted by Crippen LogP contribution is 2.42. The van der Waals surface area contributed by atoms with E-state index in [9.17, 15) is 23.1 Å². The van der Waals surface area contributed by atoms with Crippen molar-refractivity contribution < 1.29 is 27.9 Å². The minimum atomic E-state index is -3.87. The first-order valence-electron chi connectivity index (χ1n) is 11.0. The van der Waals surface area contributed by atoms with E-state index < -0.39 is 21.8 Å². The van der Waals surface area contributed by atoms with E-state index in [0.717, 1.165) is 4.90 Å². The number of ether oxygens (including phenoxy) is 1. The van der Waals surface area contributed by atoms with Gasteiger partial charge in [0.1, 0.15) is 5.76 Å². The van der Waals surface area contributed by atoms with Gasteiger partial charge >= 0.3 is 0 Å². The number of carbonyl (C=O) groups excluding carboxylic acids is 2. The highest BCUT2D eigenvalue weighted by molar-refractivity contribution is 7.89. The van der Waals surface area contributed by atoms with Crippen LogP contribution in [0.1, 0.15) is 21.5 Å². The van der Waals surface area contributed by atoms with E-state index in [4.69, 9.17) is 4.74 Å². The van der Waals surface area contributed by atoms with E-state index >= 15 is 0 Å². The van der Waals surface area contributed by atoms with E-state index in [0.29, 0.717) is 18.8 Å². The number of hydrogen-bond acceptors (Lipinski definition) is 6. The number of morpholine rings is 1. The number of anilines is 1. The lowest BCUT2D eigenvalue weighted by atomic mass is 10.0. The van der Waals surface area contributed by atoms with E-state index in [-0.39, 0.29) is 46.1 Å². The van der Waals surface area contributed by atoms with Crippen LogP contribution in [0.5, 0.6) is 0 Å². The lowest BCUT2D eigenvalue weighted by Gasteiger charge is -2.26. The molecule has 0 aliphatic carbocycles. The van der Waals surface area contributed by atoms with Crippen molar-refractivity contribution in [2.45, 2.75) is 4.90 Å². The number of amides is 2. The van der Waals surface area contributed by atoms with Gasteiger partial charge in [-0.1, -0.05) is 48.5 Å². The molecule has 0 saturated carbocycles. The van der Waals surface area contributed by atoms with Crippen molar-refractivity contribution in [1.29, 1.82) is 0 Å². The molecule has 0 aromatic heterocycles. The maximum absolute atomic E-state index is 13.6. The summed E-state index contributed by atoms with van der Waals surface area (Å²) in [5, 5.41) is 11.1. The summed E-state index contributed by atoms with van der Waals surface area (Å²) in [4.78, 5) is 27.8. The third kappa shape index (κ3) is 4.03. The molecule has 35 heavy (non-hydrogen) atoms. The van der Waals surface area contributed by atoms with Crippen LogP contribution in [0.3, 0.4) is 0 Å². The first-order valence-corrected chi connectivity index (χ1v) is 12.5. The number of aliphatic hydroxyl groups excluding tert-OH is 1. The molecule has 1 saturated heterocycles. The fraction of sp³-hybridized carbons (Fsp3) is 0.154. The maximum atomic E-state index is 13.6. The molecule has 2 amide bonds. The zero-order valence-corrected chi connectivity index (χ0v) is 19.4. The molecular weight excluding hydrogens is 468 g/mol. The zero-order chi connectivity index (χ0) is 24.6. The average Bonchev–Trinajstić information content (AvgIpc) is 3.20. The Labute approximate surface area is 202 Å². The number of hydrogen-bond donors (Lipinski definition) is 1. The Morgan fingerprint density at radius 1 is 0.857 bits per heavy atom. The van der Waals surface area contributed by atoms with E-state index in [2.05, 4.69) is 0 Å². The van der Waals surface area contributed by atoms with Crippen molar-refractivity contribution in [3.05, 3.63) is 95.6 Å². The number of sulfonamides is 1. The molecule has 0 spiro atoms. The summed E-state index contributed by atoms with van der Waals surface area (Å²) < 4.78 is 33.1. The summed E-state index contributed by atoms with van der Waals surface area (Å²) >= 11 is 0. The Morgan fingerprint density at radius 2 is 1.46 bits per heavy atom. The van der Waals surface area contributed by atoms with Gasteiger partial charge in [0.2, 0.25) is 10.0 Å². The Balaban J connectivity index is 1.67. The fourth-order valence-electron chi connectivity index (χ4n) is 4.22. The second-order valence-electron chi connectivity index (χ2n) is 8.10. The number of fused-ring (bicyclic) bond motifs is 1. The SMILES string of the molecule is O=C1/C(=C(\O)c2ccccc2)c2cc(S(=O)(=O)N3CCOCC3)ccc2N1C(=O)c1ccccc1. The summed E-state index contributed by atoms with van der Waals surface area (Å²) in [5.74, 6) is -1.63. The average molecular weight is 491 g/mol. The van der Waals surface area contributed by atoms with Crippen LogP contribution in [0.2, 0.25) is 0 Å². The van der Waals surface area contributed by atoms with Crippen LogP contribution in [-0.2, 0) is 19.6 Å². The monoisotopic (exact) mass is 490 g/mol. The van der Waals surface area contributed by atoms with Crippen molar-refractivity contribution in [1.82, 2.24) is 4.31 Å². The van der Waals surface area contributed by atoms with Crippen LogP contribution in [0.4, 0.5) is 5.69 Å². The first-order chi connectivity index (χ1) is 16.9. The maximum Gasteiger partial charge on any atom is 0.269 e. The predicted molar refractivity (Wildman–Crippen MR) is 130 cm³/mol. The number of aliphatic hydroxyl groups is 1. The van der Waals surface area contributed by atoms with Gasteiger partial charge in [0.05, 0.1) is 29.4 Å². The molecule has 0 unspecified atom stereocenters. The molecule has 5 rings (SSSR count). The van der Waals surface area contributed by atoms with Crippen molar-refractivity contribution in [3.8, 4) is 0 Å². The Kier molecular flexibility index (Phi) is 5.98. The predicted octanol–water partition coefficient (Wildman–Crippen LogP) is 3.32. The standard InChI is InChI=1S/C26H22N2O6S/c29-24(18-7-3-1-4-8-18)23-21-17-20(35(32,33)27-13-15-34-16-14-27)11-12-22(21)28(26(23)31)25(30)19-9-5-2-6-10-19/h1-12,17,29H,13-16H2/b24-23-. The van der Waals surface area contributed by atoms with Crippen LogP contribution >= 0.6 is 0 Å². The molecule has 0 radical (unpaired) electrons. The molecule has 0 bridgehead atoms. The smallest absolute Gasteiger partial charge is 0.269 e. The molecule has 2 heterocycles. The van der Waals surface area contributed by atoms with Crippen molar-refractivity contribution >= 4 is 38.9 Å². The normalized spacial score (nSPS) is 17.8. The summed E-state index contributed by atoms with van der Waals surface area (Å²) in [7, 11) is -3.87. The van der Waals surface area contributed by atoms with Gasteiger partial charge in [-0.25, -0.2) is 13.3 Å². The summed E-state index contributed by atoms with van der Waals surface area (Å²) in [6, 6.07) is 20.9. The summed E-state index contributed by atoms with van der Waals surface area (Å²) in [6.45, 7) is 1.02. The largest absolute Gasteiger partial charge is 0.506 e. The molecule has 3 aromatic rings. The molecule has 2 aliphatic rings. The van der Waals surface area contributed by atoms with Crippen molar-refractivity contribution in [2.75, 3.05) is 31.2 Å². The number of nitrogens with zero attached hydrogens (tertiary/aromatic N) is 2. The van der Waals surface area contributed by atoms with Crippen molar-refractivity contribution in [2.24, 2.45) is 0 Å². The number of carbonyl (C=O) groups is 2. The summed E-state index contributed by atoms with van der Waals surface area (Å²) in [5.41, 5.74) is 0.918. The van der Waals surface area contributed by atoms with Crippen LogP contribution in [0.15, 0.2) is 83.8 Å². The molecule has 1 fully saturated rings. The molecular formula is C26H22N2O6S. The van der Waals surface area contributed by atoms with Gasteiger partial charge in [-0.15, -0.1) is 0 Å². The summed E-state index contributed by atoms with van der Waals surface area (Å²) in [6.07, 6.45) is 0. The highest BCUT2D eigenvalue weighted by atomic mass is 32.2. The van der Waals surface area contributed by atoms with Crippen LogP contribution in [0.25, 0.3) is 11.3 Å². The quantitative estimate of drug-likeness (QED) is 0.342. The Bertz CT molecular complexity index is 1430. The lowest BCUT2D eigenvalue weighted by Crippen LogP contribution is -2.40. The van der Waals surface area contributed by atoms with E-state index in [1.54, 1.807) is 60.7 Å². The second kappa shape index (κ2) is 9.10. The Hall–Kier alpha value is -3.79. The minimum Gasteiger partial charge on any atom is -0.506 e. The van der Waals surface area contributed by atoms with Gasteiger partial charge in [-0.3, -0.25) is 9.59 Å². The second-order valence-corrected chi connectivity index (χ2v) is 10.0. The zero-order valence-electron chi connectivity index (χ0n) is 18.6. The van der Waals surface area contributed by atoms with Crippen LogP contribution < -0.4 is 4.90 Å². The third-order valence-corrected chi connectivity index (χ3v) is 7.91. The topological polar surface area (TPSA) is 104 Å². The van der Waals surface area contributed by atoms with Gasteiger partial charge in [-0.05, 0) is 30.3 Å². The van der Waals surface area contributed by atoms with E-state index in [1.807, 2.05) is 0 Å². The molecule has 1 N–H and O–H groups in total. The van der Waals surface area contributed by atoms with Gasteiger partial charge < -0.3 is 9.84 Å². The number of imide groups is 1. The number of benzene rings is 3. The molecule has 178 valence electrons. The molecule has 9 heteroatoms. The van der Waals surface area contributed by atoms with Crippen molar-refractivity contribution in [3.63, 3.8) is 0 Å². The highest BCUT2D eigenvalue weighted by Gasteiger charge is 2.40. The minimum absolute atomic E-state index is 0.0293. The lowest BCUT2D eigenvalue weighted by molar-refractivity contribution is -0.112. The number of rotatable bonds is 4. The third-order valence-electron chi connectivity index (χ3n) is 6.01. The van der Waals surface area contributed by atoms with Gasteiger partial charge in [-0.2, -0.15) is 4.31 Å². The molecule has 8 nitrogen and oxygen atoms in total. The Morgan fingerprint density at radius 3 is 2.09 bits per heavy atom. The first kappa shape index (κ1) is 23.0. The van der Waals surface area contributed by atoms with Crippen LogP contribution in [-0.4, -0.2) is 55.9 Å². The van der Waals surface area contributed by atoms with Gasteiger partial charge in [0, 0.05) is 29.8 Å². The molecule has 3 aromatic carbocycles. The fourth-order valence-corrected chi connectivity index (χ4v) is 5.66.